The van der Waals surface area contributed by atoms with Gasteiger partial charge in [-0.3, -0.25) is 0 Å². The van der Waals surface area contributed by atoms with E-state index in [-0.39, 0.29) is 0 Å². The number of ether oxygens (including phenoxy) is 2. The van der Waals surface area contributed by atoms with E-state index in [1.165, 1.54) is 10.8 Å². The Bertz CT molecular complexity index is 813. The molecular formula is C24H26O3S2. The molecule has 0 saturated carbocycles. The van der Waals surface area contributed by atoms with Crippen LogP contribution in [0.1, 0.15) is 23.6 Å². The molecule has 1 N–H and O–H groups in total. The molecule has 29 heavy (non-hydrogen) atoms. The highest BCUT2D eigenvalue weighted by Gasteiger charge is 2.37. The highest BCUT2D eigenvalue weighted by Crippen LogP contribution is 2.41. The number of aliphatic hydroxyl groups is 1. The maximum Gasteiger partial charge on any atom is 0.143 e. The van der Waals surface area contributed by atoms with Gasteiger partial charge in [0.05, 0.1) is 13.7 Å². The van der Waals surface area contributed by atoms with Gasteiger partial charge in [-0.1, -0.05) is 94.4 Å². The van der Waals surface area contributed by atoms with Crippen molar-refractivity contribution in [2.45, 2.75) is 18.0 Å². The first kappa shape index (κ1) is 21.8. The molecule has 0 aromatic heterocycles. The van der Waals surface area contributed by atoms with Crippen LogP contribution in [-0.4, -0.2) is 30.0 Å². The van der Waals surface area contributed by atoms with E-state index in [0.717, 1.165) is 28.2 Å². The van der Waals surface area contributed by atoms with Crippen molar-refractivity contribution in [1.29, 1.82) is 0 Å². The van der Waals surface area contributed by atoms with Crippen LogP contribution < -0.4 is 4.74 Å². The van der Waals surface area contributed by atoms with E-state index in [1.54, 1.807) is 24.8 Å². The van der Waals surface area contributed by atoms with Crippen LogP contribution in [-0.2, 0) is 10.3 Å². The third kappa shape index (κ3) is 5.37. The number of hydrogen-bond acceptors (Lipinski definition) is 5. The standard InChI is InChI=1S/C24H26O3S2/c1-19(25)29-28-18-17-27-24(20-9-5-3-6-10-20,21-11-7-4-8-12-21)22-13-15-23(26-2)16-14-22/h3-16,19,25H,17-18H2,1-2H3. The van der Waals surface area contributed by atoms with Gasteiger partial charge in [0.2, 0.25) is 0 Å². The SMILES string of the molecule is COc1ccc(C(OCCSSC(C)O)(c2ccccc2)c2ccccc2)cc1. The Morgan fingerprint density at radius 1 is 0.828 bits per heavy atom. The zero-order valence-electron chi connectivity index (χ0n) is 16.7. The van der Waals surface area contributed by atoms with Crippen molar-refractivity contribution in [3.63, 3.8) is 0 Å². The number of benzene rings is 3. The van der Waals surface area contributed by atoms with Crippen molar-refractivity contribution in [2.24, 2.45) is 0 Å². The average Bonchev–Trinajstić information content (AvgIpc) is 2.77. The van der Waals surface area contributed by atoms with Gasteiger partial charge in [0, 0.05) is 5.75 Å². The fraction of sp³-hybridized carbons (Fsp3) is 0.250. The zero-order chi connectivity index (χ0) is 20.5. The smallest absolute Gasteiger partial charge is 0.143 e. The fourth-order valence-corrected chi connectivity index (χ4v) is 4.82. The molecule has 0 heterocycles. The van der Waals surface area contributed by atoms with E-state index in [1.807, 2.05) is 48.5 Å². The molecule has 5 heteroatoms. The predicted octanol–water partition coefficient (Wildman–Crippen LogP) is 5.72. The lowest BCUT2D eigenvalue weighted by Gasteiger charge is -2.36. The highest BCUT2D eigenvalue weighted by molar-refractivity contribution is 8.76. The first-order valence-corrected chi connectivity index (χ1v) is 11.9. The number of aliphatic hydroxyl groups excluding tert-OH is 1. The largest absolute Gasteiger partial charge is 0.497 e. The number of hydrogen-bond donors (Lipinski definition) is 1. The summed E-state index contributed by atoms with van der Waals surface area (Å²) in [6, 6.07) is 28.7. The highest BCUT2D eigenvalue weighted by atomic mass is 33.1. The average molecular weight is 427 g/mol. The summed E-state index contributed by atoms with van der Waals surface area (Å²) in [5.41, 5.74) is 2.07. The van der Waals surface area contributed by atoms with Crippen LogP contribution in [0.25, 0.3) is 0 Å². The second kappa shape index (κ2) is 10.7. The molecule has 0 aliphatic rings. The first-order chi connectivity index (χ1) is 14.2. The van der Waals surface area contributed by atoms with Gasteiger partial charge in [-0.25, -0.2) is 0 Å². The minimum Gasteiger partial charge on any atom is -0.497 e. The molecule has 0 radical (unpaired) electrons. The summed E-state index contributed by atoms with van der Waals surface area (Å²) in [7, 11) is 4.74. The monoisotopic (exact) mass is 426 g/mol. The Labute approximate surface area is 180 Å². The molecule has 0 aliphatic carbocycles. The molecule has 3 aromatic rings. The van der Waals surface area contributed by atoms with Gasteiger partial charge in [-0.2, -0.15) is 0 Å². The van der Waals surface area contributed by atoms with Crippen LogP contribution in [0.3, 0.4) is 0 Å². The molecule has 0 fully saturated rings. The molecule has 1 unspecified atom stereocenters. The number of rotatable bonds is 10. The quantitative estimate of drug-likeness (QED) is 0.194. The molecule has 0 spiro atoms. The van der Waals surface area contributed by atoms with Crippen LogP contribution in [0.2, 0.25) is 0 Å². The Balaban J connectivity index is 2.03. The summed E-state index contributed by atoms with van der Waals surface area (Å²) in [5.74, 6) is 1.58. The van der Waals surface area contributed by atoms with E-state index in [0.29, 0.717) is 6.61 Å². The maximum absolute atomic E-state index is 9.48. The lowest BCUT2D eigenvalue weighted by atomic mass is 9.80. The minimum absolute atomic E-state index is 0.394. The van der Waals surface area contributed by atoms with Gasteiger partial charge in [-0.05, 0) is 35.7 Å². The van der Waals surface area contributed by atoms with Crippen molar-refractivity contribution >= 4 is 21.6 Å². The van der Waals surface area contributed by atoms with Crippen LogP contribution in [0, 0.1) is 0 Å². The van der Waals surface area contributed by atoms with Crippen molar-refractivity contribution in [3.8, 4) is 5.75 Å². The van der Waals surface area contributed by atoms with Gasteiger partial charge >= 0.3 is 0 Å². The second-order valence-electron chi connectivity index (χ2n) is 6.51. The molecule has 3 aromatic carbocycles. The van der Waals surface area contributed by atoms with Crippen LogP contribution in [0.15, 0.2) is 84.9 Å². The molecule has 3 nitrogen and oxygen atoms in total. The summed E-state index contributed by atoms with van der Waals surface area (Å²) in [6.07, 6.45) is 0. The minimum atomic E-state index is -0.731. The molecule has 3 rings (SSSR count). The molecule has 0 amide bonds. The van der Waals surface area contributed by atoms with Gasteiger partial charge in [0.15, 0.2) is 0 Å². The third-order valence-corrected chi connectivity index (χ3v) is 7.04. The van der Waals surface area contributed by atoms with Gasteiger partial charge in [-0.15, -0.1) is 0 Å². The van der Waals surface area contributed by atoms with E-state index in [4.69, 9.17) is 9.47 Å². The molecule has 0 bridgehead atoms. The van der Waals surface area contributed by atoms with Crippen molar-refractivity contribution in [1.82, 2.24) is 0 Å². The Morgan fingerprint density at radius 3 is 1.83 bits per heavy atom. The van der Waals surface area contributed by atoms with Gasteiger partial charge in [0.1, 0.15) is 16.8 Å². The molecule has 152 valence electrons. The summed E-state index contributed by atoms with van der Waals surface area (Å²) in [6.45, 7) is 2.31. The van der Waals surface area contributed by atoms with E-state index in [2.05, 4.69) is 36.4 Å². The molecule has 0 aliphatic heterocycles. The summed E-state index contributed by atoms with van der Waals surface area (Å²) < 4.78 is 12.0. The van der Waals surface area contributed by atoms with Crippen LogP contribution in [0.4, 0.5) is 0 Å². The number of methoxy groups -OCH3 is 1. The maximum atomic E-state index is 9.48. The summed E-state index contributed by atoms with van der Waals surface area (Å²) >= 11 is 0. The third-order valence-electron chi connectivity index (χ3n) is 4.55. The zero-order valence-corrected chi connectivity index (χ0v) is 18.3. The Morgan fingerprint density at radius 2 is 1.34 bits per heavy atom. The normalized spacial score (nSPS) is 12.5. The predicted molar refractivity (Wildman–Crippen MR) is 123 cm³/mol. The molecule has 0 saturated heterocycles. The van der Waals surface area contributed by atoms with Gasteiger partial charge in [0.25, 0.3) is 0 Å². The van der Waals surface area contributed by atoms with Gasteiger partial charge < -0.3 is 14.6 Å². The summed E-state index contributed by atoms with van der Waals surface area (Å²) in [4.78, 5) is 0. The fourth-order valence-electron chi connectivity index (χ4n) is 3.30. The van der Waals surface area contributed by atoms with E-state index >= 15 is 0 Å². The lowest BCUT2D eigenvalue weighted by Crippen LogP contribution is -2.33. The van der Waals surface area contributed by atoms with Crippen molar-refractivity contribution < 1.29 is 14.6 Å². The van der Waals surface area contributed by atoms with Crippen molar-refractivity contribution in [3.05, 3.63) is 102 Å². The van der Waals surface area contributed by atoms with Crippen molar-refractivity contribution in [2.75, 3.05) is 19.5 Å². The lowest BCUT2D eigenvalue weighted by molar-refractivity contribution is 0.0234. The molecular weight excluding hydrogens is 400 g/mol. The topological polar surface area (TPSA) is 38.7 Å². The van der Waals surface area contributed by atoms with E-state index in [9.17, 15) is 5.11 Å². The van der Waals surface area contributed by atoms with Crippen LogP contribution >= 0.6 is 21.6 Å². The van der Waals surface area contributed by atoms with Crippen LogP contribution in [0.5, 0.6) is 5.75 Å². The van der Waals surface area contributed by atoms with E-state index < -0.39 is 11.0 Å². The molecule has 1 atom stereocenters. The second-order valence-corrected chi connectivity index (χ2v) is 9.31. The Hall–Kier alpha value is -1.92. The Kier molecular flexibility index (Phi) is 8.07. The summed E-state index contributed by atoms with van der Waals surface area (Å²) in [5, 5.41) is 9.48. The first-order valence-electron chi connectivity index (χ1n) is 9.52.